The Bertz CT molecular complexity index is 748. The average molecular weight is 345 g/mol. The maximum atomic E-state index is 12.8. The van der Waals surface area contributed by atoms with Gasteiger partial charge in [0.25, 0.3) is 0 Å². The first-order valence-electron chi connectivity index (χ1n) is 8.12. The lowest BCUT2D eigenvalue weighted by molar-refractivity contribution is 0.162. The number of fused-ring (bicyclic) bond motifs is 1. The Morgan fingerprint density at radius 2 is 2.12 bits per heavy atom. The van der Waals surface area contributed by atoms with E-state index in [0.29, 0.717) is 10.7 Å². The zero-order valence-corrected chi connectivity index (χ0v) is 14.4. The molecule has 0 saturated carbocycles. The average Bonchev–Trinajstić information content (AvgIpc) is 2.99. The van der Waals surface area contributed by atoms with Crippen LogP contribution < -0.4 is 5.32 Å². The molecule has 1 unspecified atom stereocenters. The van der Waals surface area contributed by atoms with E-state index in [1.54, 1.807) is 11.0 Å². The van der Waals surface area contributed by atoms with Crippen molar-refractivity contribution < 1.29 is 9.90 Å². The van der Waals surface area contributed by atoms with E-state index in [4.69, 9.17) is 11.6 Å². The monoisotopic (exact) mass is 344 g/mol. The van der Waals surface area contributed by atoms with Crippen LogP contribution in [0.2, 0.25) is 5.02 Å². The van der Waals surface area contributed by atoms with Gasteiger partial charge in [-0.2, -0.15) is 0 Å². The van der Waals surface area contributed by atoms with Gasteiger partial charge in [0.1, 0.15) is 0 Å². The van der Waals surface area contributed by atoms with Gasteiger partial charge in [0, 0.05) is 6.54 Å². The van der Waals surface area contributed by atoms with Crippen molar-refractivity contribution in [2.75, 3.05) is 18.5 Å². The van der Waals surface area contributed by atoms with E-state index in [-0.39, 0.29) is 25.2 Å². The van der Waals surface area contributed by atoms with Crippen LogP contribution in [0.4, 0.5) is 10.5 Å². The summed E-state index contributed by atoms with van der Waals surface area (Å²) in [6.07, 6.45) is 1.82. The Hall–Kier alpha value is -2.04. The predicted octanol–water partition coefficient (Wildman–Crippen LogP) is 4.16. The Morgan fingerprint density at radius 3 is 2.88 bits per heavy atom. The second-order valence-electron chi connectivity index (χ2n) is 6.08. The standard InChI is InChI=1S/C19H21ClN2O2/c1-13-6-8-17(16(20)12-13)21-19(24)22(10-11-23)18-9-7-14-4-2-3-5-15(14)18/h2-6,8,12,18,23H,7,9-11H2,1H3,(H,21,24). The number of benzene rings is 2. The van der Waals surface area contributed by atoms with Crippen molar-refractivity contribution >= 4 is 23.3 Å². The Balaban J connectivity index is 1.82. The molecule has 0 fully saturated rings. The quantitative estimate of drug-likeness (QED) is 0.874. The number of halogens is 1. The number of amides is 2. The third kappa shape index (κ3) is 3.40. The molecule has 3 rings (SSSR count). The van der Waals surface area contributed by atoms with Crippen molar-refractivity contribution in [1.29, 1.82) is 0 Å². The van der Waals surface area contributed by atoms with Crippen molar-refractivity contribution in [3.05, 3.63) is 64.2 Å². The van der Waals surface area contributed by atoms with E-state index in [1.165, 1.54) is 5.56 Å². The highest BCUT2D eigenvalue weighted by Gasteiger charge is 2.30. The topological polar surface area (TPSA) is 52.6 Å². The lowest BCUT2D eigenvalue weighted by Gasteiger charge is -2.29. The summed E-state index contributed by atoms with van der Waals surface area (Å²) in [5.74, 6) is 0. The van der Waals surface area contributed by atoms with Crippen LogP contribution in [0.3, 0.4) is 0 Å². The predicted molar refractivity (Wildman–Crippen MR) is 96.5 cm³/mol. The van der Waals surface area contributed by atoms with Gasteiger partial charge < -0.3 is 15.3 Å². The van der Waals surface area contributed by atoms with Gasteiger partial charge in [0.05, 0.1) is 23.4 Å². The second kappa shape index (κ2) is 7.24. The third-order valence-corrected chi connectivity index (χ3v) is 4.76. The summed E-state index contributed by atoms with van der Waals surface area (Å²) in [7, 11) is 0. The molecule has 2 aromatic carbocycles. The number of aliphatic hydroxyl groups is 1. The number of rotatable bonds is 4. The molecular weight excluding hydrogens is 324 g/mol. The summed E-state index contributed by atoms with van der Waals surface area (Å²) in [6.45, 7) is 2.16. The van der Waals surface area contributed by atoms with Gasteiger partial charge >= 0.3 is 6.03 Å². The summed E-state index contributed by atoms with van der Waals surface area (Å²) in [4.78, 5) is 14.5. The molecule has 1 atom stereocenters. The van der Waals surface area contributed by atoms with Crippen molar-refractivity contribution in [3.8, 4) is 0 Å². The minimum absolute atomic E-state index is 0.0161. The normalized spacial score (nSPS) is 15.9. The highest BCUT2D eigenvalue weighted by atomic mass is 35.5. The fourth-order valence-electron chi connectivity index (χ4n) is 3.27. The van der Waals surface area contributed by atoms with Crippen LogP contribution in [0.1, 0.15) is 29.2 Å². The van der Waals surface area contributed by atoms with E-state index in [0.717, 1.165) is 24.0 Å². The molecule has 2 amide bonds. The number of nitrogens with one attached hydrogen (secondary N) is 1. The molecule has 5 heteroatoms. The lowest BCUT2D eigenvalue weighted by Crippen LogP contribution is -2.39. The highest BCUT2D eigenvalue weighted by Crippen LogP contribution is 2.36. The number of aryl methyl sites for hydroxylation is 2. The molecule has 0 heterocycles. The fraction of sp³-hybridized carbons (Fsp3) is 0.316. The molecular formula is C19H21ClN2O2. The lowest BCUT2D eigenvalue weighted by atomic mass is 10.1. The molecule has 0 aliphatic heterocycles. The van der Waals surface area contributed by atoms with Crippen LogP contribution in [-0.4, -0.2) is 29.2 Å². The Morgan fingerprint density at radius 1 is 1.33 bits per heavy atom. The van der Waals surface area contributed by atoms with E-state index in [9.17, 15) is 9.90 Å². The van der Waals surface area contributed by atoms with E-state index in [2.05, 4.69) is 17.4 Å². The number of urea groups is 1. The molecule has 0 aromatic heterocycles. The number of nitrogens with zero attached hydrogens (tertiary/aromatic N) is 1. The van der Waals surface area contributed by atoms with Crippen LogP contribution in [0, 0.1) is 6.92 Å². The zero-order valence-electron chi connectivity index (χ0n) is 13.6. The molecule has 1 aliphatic carbocycles. The van der Waals surface area contributed by atoms with Gasteiger partial charge in [-0.05, 0) is 48.6 Å². The van der Waals surface area contributed by atoms with Crippen molar-refractivity contribution in [1.82, 2.24) is 4.90 Å². The number of hydrogen-bond donors (Lipinski definition) is 2. The van der Waals surface area contributed by atoms with Crippen LogP contribution in [0.5, 0.6) is 0 Å². The van der Waals surface area contributed by atoms with E-state index in [1.807, 2.05) is 31.2 Å². The fourth-order valence-corrected chi connectivity index (χ4v) is 3.56. The summed E-state index contributed by atoms with van der Waals surface area (Å²) in [5.41, 5.74) is 4.05. The number of hydrogen-bond acceptors (Lipinski definition) is 2. The number of anilines is 1. The zero-order chi connectivity index (χ0) is 17.1. The largest absolute Gasteiger partial charge is 0.395 e. The van der Waals surface area contributed by atoms with E-state index >= 15 is 0 Å². The summed E-state index contributed by atoms with van der Waals surface area (Å²) in [6, 6.07) is 13.4. The molecule has 0 bridgehead atoms. The highest BCUT2D eigenvalue weighted by molar-refractivity contribution is 6.33. The van der Waals surface area contributed by atoms with Gasteiger partial charge in [-0.1, -0.05) is 41.9 Å². The second-order valence-corrected chi connectivity index (χ2v) is 6.49. The molecule has 0 radical (unpaired) electrons. The minimum Gasteiger partial charge on any atom is -0.395 e. The molecule has 0 spiro atoms. The third-order valence-electron chi connectivity index (χ3n) is 4.45. The molecule has 2 aromatic rings. The molecule has 24 heavy (non-hydrogen) atoms. The van der Waals surface area contributed by atoms with Gasteiger partial charge in [0.15, 0.2) is 0 Å². The van der Waals surface area contributed by atoms with Gasteiger partial charge in [-0.15, -0.1) is 0 Å². The molecule has 4 nitrogen and oxygen atoms in total. The number of carbonyl (C=O) groups excluding carboxylic acids is 1. The Labute approximate surface area is 147 Å². The van der Waals surface area contributed by atoms with Crippen LogP contribution in [0.15, 0.2) is 42.5 Å². The van der Waals surface area contributed by atoms with Crippen molar-refractivity contribution in [2.24, 2.45) is 0 Å². The van der Waals surface area contributed by atoms with E-state index < -0.39 is 0 Å². The SMILES string of the molecule is Cc1ccc(NC(=O)N(CCO)C2CCc3ccccc32)c(Cl)c1. The number of aliphatic hydroxyl groups excluding tert-OH is 1. The molecule has 126 valence electrons. The minimum atomic E-state index is -0.239. The maximum absolute atomic E-state index is 12.8. The van der Waals surface area contributed by atoms with Gasteiger partial charge in [-0.3, -0.25) is 0 Å². The number of carbonyl (C=O) groups is 1. The van der Waals surface area contributed by atoms with Crippen molar-refractivity contribution in [2.45, 2.75) is 25.8 Å². The summed E-state index contributed by atoms with van der Waals surface area (Å²) in [5, 5.41) is 12.8. The van der Waals surface area contributed by atoms with Crippen LogP contribution in [-0.2, 0) is 6.42 Å². The summed E-state index contributed by atoms with van der Waals surface area (Å²) >= 11 is 6.21. The first kappa shape index (κ1) is 16.8. The van der Waals surface area contributed by atoms with Crippen LogP contribution in [0.25, 0.3) is 0 Å². The molecule has 0 saturated heterocycles. The van der Waals surface area contributed by atoms with Crippen LogP contribution >= 0.6 is 11.6 Å². The Kier molecular flexibility index (Phi) is 5.07. The summed E-state index contributed by atoms with van der Waals surface area (Å²) < 4.78 is 0. The first-order valence-corrected chi connectivity index (χ1v) is 8.50. The van der Waals surface area contributed by atoms with Gasteiger partial charge in [-0.25, -0.2) is 4.79 Å². The molecule has 2 N–H and O–H groups in total. The smallest absolute Gasteiger partial charge is 0.322 e. The molecule has 1 aliphatic rings. The maximum Gasteiger partial charge on any atom is 0.322 e. The van der Waals surface area contributed by atoms with Crippen molar-refractivity contribution in [3.63, 3.8) is 0 Å². The first-order chi connectivity index (χ1) is 11.6. The van der Waals surface area contributed by atoms with Gasteiger partial charge in [0.2, 0.25) is 0 Å².